The van der Waals surface area contributed by atoms with Crippen LogP contribution in [0.5, 0.6) is 0 Å². The van der Waals surface area contributed by atoms with Crippen LogP contribution in [0.25, 0.3) is 5.57 Å². The van der Waals surface area contributed by atoms with Crippen molar-refractivity contribution < 1.29 is 19.1 Å². The predicted octanol–water partition coefficient (Wildman–Crippen LogP) is 3.35. The standard InChI is InChI=1S/C18H13ClO4/c1-22-17(21)18(13-8-5-9-14(19)10-13)15(11-16(20)23-18)12-6-3-2-4-7-12/h2-11H,1H3/t18-/m0/s1. The number of cyclic esters (lactones) is 1. The summed E-state index contributed by atoms with van der Waals surface area (Å²) in [5, 5.41) is 0.432. The summed E-state index contributed by atoms with van der Waals surface area (Å²) in [5.41, 5.74) is -0.0864. The third-order valence-electron chi connectivity index (χ3n) is 3.68. The highest BCUT2D eigenvalue weighted by atomic mass is 35.5. The quantitative estimate of drug-likeness (QED) is 0.811. The van der Waals surface area contributed by atoms with Crippen molar-refractivity contribution in [3.8, 4) is 0 Å². The van der Waals surface area contributed by atoms with Gasteiger partial charge in [0, 0.05) is 22.2 Å². The van der Waals surface area contributed by atoms with Gasteiger partial charge in [0.15, 0.2) is 0 Å². The minimum atomic E-state index is -1.65. The molecule has 0 aliphatic carbocycles. The van der Waals surface area contributed by atoms with Crippen molar-refractivity contribution in [1.29, 1.82) is 0 Å². The first-order valence-corrected chi connectivity index (χ1v) is 7.31. The van der Waals surface area contributed by atoms with Crippen LogP contribution in [0.15, 0.2) is 60.7 Å². The van der Waals surface area contributed by atoms with Gasteiger partial charge in [0.2, 0.25) is 0 Å². The molecule has 5 heteroatoms. The number of ether oxygens (including phenoxy) is 2. The van der Waals surface area contributed by atoms with Crippen LogP contribution in [0.2, 0.25) is 5.02 Å². The number of hydrogen-bond acceptors (Lipinski definition) is 4. The van der Waals surface area contributed by atoms with Crippen molar-refractivity contribution in [2.24, 2.45) is 0 Å². The molecule has 23 heavy (non-hydrogen) atoms. The second-order valence-electron chi connectivity index (χ2n) is 5.03. The Kier molecular flexibility index (Phi) is 3.92. The molecule has 3 rings (SSSR count). The fourth-order valence-electron chi connectivity index (χ4n) is 2.69. The average Bonchev–Trinajstić information content (AvgIpc) is 2.93. The van der Waals surface area contributed by atoms with E-state index in [9.17, 15) is 9.59 Å². The monoisotopic (exact) mass is 328 g/mol. The second kappa shape index (κ2) is 5.89. The van der Waals surface area contributed by atoms with Gasteiger partial charge in [0.1, 0.15) is 0 Å². The molecule has 116 valence electrons. The van der Waals surface area contributed by atoms with Gasteiger partial charge < -0.3 is 9.47 Å². The number of esters is 2. The van der Waals surface area contributed by atoms with Crippen LogP contribution in [-0.2, 0) is 24.7 Å². The lowest BCUT2D eigenvalue weighted by atomic mass is 9.83. The summed E-state index contributed by atoms with van der Waals surface area (Å²) >= 11 is 6.05. The van der Waals surface area contributed by atoms with Gasteiger partial charge in [-0.15, -0.1) is 0 Å². The van der Waals surface area contributed by atoms with Crippen molar-refractivity contribution in [2.45, 2.75) is 5.60 Å². The zero-order valence-electron chi connectivity index (χ0n) is 12.3. The highest BCUT2D eigenvalue weighted by Crippen LogP contribution is 2.45. The first-order chi connectivity index (χ1) is 11.1. The second-order valence-corrected chi connectivity index (χ2v) is 5.46. The molecule has 0 N–H and O–H groups in total. The molecular weight excluding hydrogens is 316 g/mol. The van der Waals surface area contributed by atoms with E-state index in [1.54, 1.807) is 36.4 Å². The number of carbonyl (C=O) groups is 2. The van der Waals surface area contributed by atoms with Gasteiger partial charge in [-0.2, -0.15) is 0 Å². The van der Waals surface area contributed by atoms with E-state index in [2.05, 4.69) is 0 Å². The predicted molar refractivity (Wildman–Crippen MR) is 85.7 cm³/mol. The highest BCUT2D eigenvalue weighted by Gasteiger charge is 2.53. The normalized spacial score (nSPS) is 19.9. The molecule has 0 radical (unpaired) electrons. The Morgan fingerprint density at radius 1 is 1.13 bits per heavy atom. The molecule has 0 bridgehead atoms. The average molecular weight is 329 g/mol. The Balaban J connectivity index is 2.25. The molecule has 0 spiro atoms. The smallest absolute Gasteiger partial charge is 0.360 e. The fraction of sp³-hybridized carbons (Fsp3) is 0.111. The van der Waals surface area contributed by atoms with Gasteiger partial charge >= 0.3 is 11.9 Å². The van der Waals surface area contributed by atoms with Gasteiger partial charge in [-0.3, -0.25) is 0 Å². The van der Waals surface area contributed by atoms with Crippen LogP contribution in [0.4, 0.5) is 0 Å². The van der Waals surface area contributed by atoms with E-state index < -0.39 is 17.5 Å². The molecule has 2 aromatic carbocycles. The molecule has 0 fully saturated rings. The molecule has 4 nitrogen and oxygen atoms in total. The molecule has 1 aliphatic rings. The number of carbonyl (C=O) groups excluding carboxylic acids is 2. The van der Waals surface area contributed by atoms with Crippen molar-refractivity contribution in [2.75, 3.05) is 7.11 Å². The number of benzene rings is 2. The van der Waals surface area contributed by atoms with Crippen molar-refractivity contribution in [3.63, 3.8) is 0 Å². The minimum Gasteiger partial charge on any atom is -0.466 e. The first kappa shape index (κ1) is 15.3. The van der Waals surface area contributed by atoms with E-state index in [1.165, 1.54) is 13.2 Å². The summed E-state index contributed by atoms with van der Waals surface area (Å²) in [6.45, 7) is 0. The number of halogens is 1. The number of methoxy groups -OCH3 is 1. The van der Waals surface area contributed by atoms with Gasteiger partial charge in [-0.05, 0) is 17.7 Å². The first-order valence-electron chi connectivity index (χ1n) is 6.93. The van der Waals surface area contributed by atoms with E-state index in [0.29, 0.717) is 21.7 Å². The molecule has 1 atom stereocenters. The van der Waals surface area contributed by atoms with Gasteiger partial charge in [-0.25, -0.2) is 9.59 Å². The van der Waals surface area contributed by atoms with Gasteiger partial charge in [0.05, 0.1) is 7.11 Å². The largest absolute Gasteiger partial charge is 0.466 e. The molecule has 1 aliphatic heterocycles. The SMILES string of the molecule is COC(=O)[C@@]1(c2cccc(Cl)c2)OC(=O)C=C1c1ccccc1. The van der Waals surface area contributed by atoms with E-state index in [1.807, 2.05) is 18.2 Å². The summed E-state index contributed by atoms with van der Waals surface area (Å²) in [4.78, 5) is 24.6. The van der Waals surface area contributed by atoms with E-state index in [0.717, 1.165) is 0 Å². The van der Waals surface area contributed by atoms with E-state index >= 15 is 0 Å². The lowest BCUT2D eigenvalue weighted by molar-refractivity contribution is -0.169. The molecule has 0 aromatic heterocycles. The lowest BCUT2D eigenvalue weighted by Gasteiger charge is -2.29. The number of hydrogen-bond donors (Lipinski definition) is 0. The zero-order valence-corrected chi connectivity index (χ0v) is 13.0. The Bertz CT molecular complexity index is 798. The maximum atomic E-state index is 12.6. The van der Waals surface area contributed by atoms with Crippen LogP contribution in [0.1, 0.15) is 11.1 Å². The summed E-state index contributed by atoms with van der Waals surface area (Å²) in [6, 6.07) is 15.7. The zero-order chi connectivity index (χ0) is 16.4. The Morgan fingerprint density at radius 2 is 1.87 bits per heavy atom. The summed E-state index contributed by atoms with van der Waals surface area (Å²) in [6.07, 6.45) is 1.31. The van der Waals surface area contributed by atoms with Gasteiger partial charge in [-0.1, -0.05) is 54.1 Å². The summed E-state index contributed by atoms with van der Waals surface area (Å²) < 4.78 is 10.4. The van der Waals surface area contributed by atoms with Crippen LogP contribution < -0.4 is 0 Å². The molecule has 0 saturated heterocycles. The molecule has 0 saturated carbocycles. The van der Waals surface area contributed by atoms with E-state index in [4.69, 9.17) is 21.1 Å². The third kappa shape index (κ3) is 2.51. The van der Waals surface area contributed by atoms with Crippen LogP contribution in [-0.4, -0.2) is 19.0 Å². The molecule has 1 heterocycles. The van der Waals surface area contributed by atoms with Crippen LogP contribution in [0.3, 0.4) is 0 Å². The van der Waals surface area contributed by atoms with Crippen molar-refractivity contribution in [1.82, 2.24) is 0 Å². The molecule has 0 amide bonds. The van der Waals surface area contributed by atoms with E-state index in [-0.39, 0.29) is 0 Å². The fourth-order valence-corrected chi connectivity index (χ4v) is 2.88. The Morgan fingerprint density at radius 3 is 2.52 bits per heavy atom. The van der Waals surface area contributed by atoms with Crippen molar-refractivity contribution >= 4 is 29.1 Å². The third-order valence-corrected chi connectivity index (χ3v) is 3.92. The van der Waals surface area contributed by atoms with Crippen LogP contribution >= 0.6 is 11.6 Å². The molecule has 0 unspecified atom stereocenters. The Hall–Kier alpha value is -2.59. The summed E-state index contributed by atoms with van der Waals surface area (Å²) in [7, 11) is 1.25. The molecular formula is C18H13ClO4. The van der Waals surface area contributed by atoms with Crippen molar-refractivity contribution in [3.05, 3.63) is 76.8 Å². The number of rotatable bonds is 3. The topological polar surface area (TPSA) is 52.6 Å². The maximum Gasteiger partial charge on any atom is 0.360 e. The Labute approximate surface area is 138 Å². The lowest BCUT2D eigenvalue weighted by Crippen LogP contribution is -2.39. The minimum absolute atomic E-state index is 0.428. The maximum absolute atomic E-state index is 12.6. The highest BCUT2D eigenvalue weighted by molar-refractivity contribution is 6.30. The molecule has 2 aromatic rings. The van der Waals surface area contributed by atoms with Crippen LogP contribution in [0, 0.1) is 0 Å². The summed E-state index contributed by atoms with van der Waals surface area (Å²) in [5.74, 6) is -1.28. The van der Waals surface area contributed by atoms with Gasteiger partial charge in [0.25, 0.3) is 5.60 Å².